The summed E-state index contributed by atoms with van der Waals surface area (Å²) in [6.45, 7) is 1.81. The topological polar surface area (TPSA) is 89.8 Å². The summed E-state index contributed by atoms with van der Waals surface area (Å²) in [5, 5.41) is 3.82. The van der Waals surface area contributed by atoms with Crippen LogP contribution in [0.5, 0.6) is 0 Å². The molecule has 3 aromatic heterocycles. The molecule has 0 aliphatic heterocycles. The number of benzene rings is 2. The second-order valence-electron chi connectivity index (χ2n) is 8.15. The van der Waals surface area contributed by atoms with Gasteiger partial charge in [-0.15, -0.1) is 0 Å². The Labute approximate surface area is 202 Å². The Hall–Kier alpha value is -4.60. The summed E-state index contributed by atoms with van der Waals surface area (Å²) in [5.41, 5.74) is 0.399. The van der Waals surface area contributed by atoms with E-state index in [0.29, 0.717) is 27.5 Å². The Balaban J connectivity index is 1.63. The number of nitrogens with one attached hydrogen (secondary N) is 1. The van der Waals surface area contributed by atoms with Crippen LogP contribution in [0.2, 0.25) is 0 Å². The van der Waals surface area contributed by atoms with Gasteiger partial charge in [0, 0.05) is 34.4 Å². The van der Waals surface area contributed by atoms with Crippen LogP contribution in [0.4, 0.5) is 13.2 Å². The van der Waals surface area contributed by atoms with Crippen molar-refractivity contribution < 1.29 is 18.0 Å². The lowest BCUT2D eigenvalue weighted by Gasteiger charge is -2.16. The largest absolute Gasteiger partial charge is 0.416 e. The number of amides is 1. The van der Waals surface area contributed by atoms with Crippen LogP contribution in [-0.4, -0.2) is 25.4 Å². The molecule has 36 heavy (non-hydrogen) atoms. The third-order valence-corrected chi connectivity index (χ3v) is 5.84. The monoisotopic (exact) mass is 489 g/mol. The summed E-state index contributed by atoms with van der Waals surface area (Å²) in [4.78, 5) is 38.7. The number of pyridine rings is 2. The van der Waals surface area contributed by atoms with Gasteiger partial charge in [0.05, 0.1) is 22.8 Å². The van der Waals surface area contributed by atoms with Gasteiger partial charge in [-0.05, 0) is 61.5 Å². The molecule has 0 saturated carbocycles. The minimum absolute atomic E-state index is 0.0804. The molecule has 1 amide bonds. The zero-order valence-electron chi connectivity index (χ0n) is 18.8. The molecule has 0 radical (unpaired) electrons. The van der Waals surface area contributed by atoms with E-state index in [0.717, 1.165) is 12.1 Å². The summed E-state index contributed by atoms with van der Waals surface area (Å²) >= 11 is 0. The molecule has 1 N–H and O–H groups in total. The lowest BCUT2D eigenvalue weighted by Crippen LogP contribution is -2.27. The molecule has 0 saturated heterocycles. The number of fused-ring (bicyclic) bond motifs is 3. The standard InChI is InChI=1S/C26H18F3N5O2/c1-15(21-4-2-3-11-31-21)33-24(35)16-5-10-22-19(12-16)20-13-30-14-32-23(20)25(36)34(22)18-8-6-17(7-9-18)26(27,28)29/h2-15H,1H3,(H,33,35)/t15-/m0/s1. The molecule has 5 aromatic rings. The second-order valence-corrected chi connectivity index (χ2v) is 8.15. The zero-order valence-corrected chi connectivity index (χ0v) is 18.8. The second kappa shape index (κ2) is 8.88. The summed E-state index contributed by atoms with van der Waals surface area (Å²) in [6.07, 6.45) is -0.170. The van der Waals surface area contributed by atoms with Gasteiger partial charge in [-0.25, -0.2) is 9.97 Å². The van der Waals surface area contributed by atoms with Gasteiger partial charge in [-0.1, -0.05) is 6.07 Å². The molecule has 7 nitrogen and oxygen atoms in total. The normalized spacial score (nSPS) is 12.6. The maximum Gasteiger partial charge on any atom is 0.416 e. The van der Waals surface area contributed by atoms with Crippen LogP contribution in [0.15, 0.2) is 84.2 Å². The molecule has 0 bridgehead atoms. The molecule has 10 heteroatoms. The van der Waals surface area contributed by atoms with E-state index in [4.69, 9.17) is 0 Å². The van der Waals surface area contributed by atoms with Gasteiger partial charge in [0.1, 0.15) is 11.8 Å². The zero-order chi connectivity index (χ0) is 25.4. The number of hydrogen-bond donors (Lipinski definition) is 1. The number of carbonyl (C=O) groups is 1. The highest BCUT2D eigenvalue weighted by Gasteiger charge is 2.30. The van der Waals surface area contributed by atoms with E-state index in [1.807, 2.05) is 13.0 Å². The first-order chi connectivity index (χ1) is 17.2. The maximum absolute atomic E-state index is 13.3. The van der Waals surface area contributed by atoms with Gasteiger partial charge in [0.2, 0.25) is 0 Å². The van der Waals surface area contributed by atoms with Crippen LogP contribution < -0.4 is 10.9 Å². The quantitative estimate of drug-likeness (QED) is 0.365. The van der Waals surface area contributed by atoms with Crippen molar-refractivity contribution >= 4 is 27.7 Å². The summed E-state index contributed by atoms with van der Waals surface area (Å²) in [5.74, 6) is -0.354. The molecule has 2 aromatic carbocycles. The van der Waals surface area contributed by atoms with E-state index in [1.54, 1.807) is 36.5 Å². The highest BCUT2D eigenvalue weighted by Crippen LogP contribution is 2.30. The van der Waals surface area contributed by atoms with Crippen molar-refractivity contribution in [2.45, 2.75) is 19.1 Å². The van der Waals surface area contributed by atoms with Crippen LogP contribution in [-0.2, 0) is 6.18 Å². The molecule has 5 rings (SSSR count). The molecular weight excluding hydrogens is 471 g/mol. The van der Waals surface area contributed by atoms with Crippen molar-refractivity contribution in [2.24, 2.45) is 0 Å². The SMILES string of the molecule is C[C@H](NC(=O)c1ccc2c(c1)c1cncnc1c(=O)n2-c1ccc(C(F)(F)F)cc1)c1ccccn1. The minimum Gasteiger partial charge on any atom is -0.344 e. The van der Waals surface area contributed by atoms with E-state index >= 15 is 0 Å². The van der Waals surface area contributed by atoms with Crippen molar-refractivity contribution in [3.05, 3.63) is 107 Å². The molecule has 3 heterocycles. The van der Waals surface area contributed by atoms with Crippen LogP contribution >= 0.6 is 0 Å². The number of halogens is 3. The average Bonchev–Trinajstić information content (AvgIpc) is 2.89. The summed E-state index contributed by atoms with van der Waals surface area (Å²) < 4.78 is 40.4. The number of carbonyl (C=O) groups excluding carboxylic acids is 1. The third kappa shape index (κ3) is 4.17. The Morgan fingerprint density at radius 1 is 1.00 bits per heavy atom. The predicted octanol–water partition coefficient (Wildman–Crippen LogP) is 4.84. The van der Waals surface area contributed by atoms with E-state index in [1.165, 1.54) is 29.2 Å². The van der Waals surface area contributed by atoms with Gasteiger partial charge in [-0.3, -0.25) is 19.1 Å². The number of aromatic nitrogens is 4. The predicted molar refractivity (Wildman–Crippen MR) is 128 cm³/mol. The van der Waals surface area contributed by atoms with Gasteiger partial charge in [0.25, 0.3) is 11.5 Å². The van der Waals surface area contributed by atoms with Crippen molar-refractivity contribution in [1.29, 1.82) is 0 Å². The van der Waals surface area contributed by atoms with Crippen molar-refractivity contribution in [3.63, 3.8) is 0 Å². The highest BCUT2D eigenvalue weighted by molar-refractivity contribution is 6.08. The molecule has 0 fully saturated rings. The molecule has 0 unspecified atom stereocenters. The number of alkyl halides is 3. The van der Waals surface area contributed by atoms with E-state index < -0.39 is 17.3 Å². The number of nitrogens with zero attached hydrogens (tertiary/aromatic N) is 4. The first kappa shape index (κ1) is 23.2. The fourth-order valence-electron chi connectivity index (χ4n) is 4.04. The van der Waals surface area contributed by atoms with Gasteiger partial charge < -0.3 is 5.32 Å². The lowest BCUT2D eigenvalue weighted by molar-refractivity contribution is -0.137. The van der Waals surface area contributed by atoms with Gasteiger partial charge in [-0.2, -0.15) is 13.2 Å². The van der Waals surface area contributed by atoms with Crippen LogP contribution in [0.3, 0.4) is 0 Å². The number of hydrogen-bond acceptors (Lipinski definition) is 5. The van der Waals surface area contributed by atoms with Gasteiger partial charge in [0.15, 0.2) is 0 Å². The van der Waals surface area contributed by atoms with Crippen LogP contribution in [0, 0.1) is 0 Å². The molecule has 0 spiro atoms. The molecular formula is C26H18F3N5O2. The Bertz CT molecular complexity index is 1650. The molecule has 0 aliphatic carbocycles. The highest BCUT2D eigenvalue weighted by atomic mass is 19.4. The molecule has 0 aliphatic rings. The smallest absolute Gasteiger partial charge is 0.344 e. The van der Waals surface area contributed by atoms with E-state index in [2.05, 4.69) is 20.3 Å². The first-order valence-corrected chi connectivity index (χ1v) is 10.9. The Morgan fingerprint density at radius 3 is 2.47 bits per heavy atom. The third-order valence-electron chi connectivity index (χ3n) is 5.84. The summed E-state index contributed by atoms with van der Waals surface area (Å²) in [6, 6.07) is 14.1. The van der Waals surface area contributed by atoms with Crippen molar-refractivity contribution in [3.8, 4) is 5.69 Å². The van der Waals surface area contributed by atoms with Crippen molar-refractivity contribution in [1.82, 2.24) is 24.8 Å². The fourth-order valence-corrected chi connectivity index (χ4v) is 4.04. The molecule has 180 valence electrons. The minimum atomic E-state index is -4.50. The first-order valence-electron chi connectivity index (χ1n) is 10.9. The Morgan fingerprint density at radius 2 is 1.78 bits per heavy atom. The maximum atomic E-state index is 13.3. The van der Waals surface area contributed by atoms with Crippen molar-refractivity contribution in [2.75, 3.05) is 0 Å². The fraction of sp³-hybridized carbons (Fsp3) is 0.115. The van der Waals surface area contributed by atoms with E-state index in [-0.39, 0.29) is 23.2 Å². The lowest BCUT2D eigenvalue weighted by atomic mass is 10.1. The van der Waals surface area contributed by atoms with Crippen LogP contribution in [0.1, 0.15) is 34.6 Å². The summed E-state index contributed by atoms with van der Waals surface area (Å²) in [7, 11) is 0. The average molecular weight is 489 g/mol. The van der Waals surface area contributed by atoms with Crippen LogP contribution in [0.25, 0.3) is 27.5 Å². The number of rotatable bonds is 4. The molecule has 1 atom stereocenters. The Kier molecular flexibility index (Phi) is 5.71. The van der Waals surface area contributed by atoms with E-state index in [9.17, 15) is 22.8 Å². The van der Waals surface area contributed by atoms with Gasteiger partial charge >= 0.3 is 6.18 Å².